The van der Waals surface area contributed by atoms with Gasteiger partial charge in [0.15, 0.2) is 11.5 Å². The summed E-state index contributed by atoms with van der Waals surface area (Å²) in [5, 5.41) is 3.36. The molecular weight excluding hydrogens is 272 g/mol. The maximum atomic E-state index is 5.51. The first-order chi connectivity index (χ1) is 10.2. The number of nitrogens with one attached hydrogen (secondary N) is 1. The molecule has 0 saturated heterocycles. The molecule has 0 fully saturated rings. The van der Waals surface area contributed by atoms with Crippen molar-refractivity contribution in [3.8, 4) is 17.2 Å². The van der Waals surface area contributed by atoms with Gasteiger partial charge in [0.2, 0.25) is 18.4 Å². The summed E-state index contributed by atoms with van der Waals surface area (Å²) < 4.78 is 21.6. The number of methoxy groups -OCH3 is 1. The summed E-state index contributed by atoms with van der Waals surface area (Å²) in [6.07, 6.45) is 1.72. The third-order valence-electron chi connectivity index (χ3n) is 3.34. The van der Waals surface area contributed by atoms with Gasteiger partial charge in [-0.3, -0.25) is 0 Å². The molecule has 0 radical (unpaired) electrons. The van der Waals surface area contributed by atoms with E-state index in [1.54, 1.807) is 13.3 Å². The molecule has 6 nitrogen and oxygen atoms in total. The fourth-order valence-corrected chi connectivity index (χ4v) is 2.22. The number of oxazole rings is 1. The van der Waals surface area contributed by atoms with Crippen molar-refractivity contribution >= 4 is 0 Å². The van der Waals surface area contributed by atoms with Gasteiger partial charge in [-0.25, -0.2) is 4.98 Å². The van der Waals surface area contributed by atoms with Crippen LogP contribution in [0.2, 0.25) is 0 Å². The largest absolute Gasteiger partial charge is 0.493 e. The van der Waals surface area contributed by atoms with Crippen LogP contribution in [-0.2, 0) is 6.54 Å². The molecule has 2 heterocycles. The molecule has 3 rings (SSSR count). The summed E-state index contributed by atoms with van der Waals surface area (Å²) >= 11 is 0. The molecule has 1 N–H and O–H groups in total. The Bertz CT molecular complexity index is 639. The van der Waals surface area contributed by atoms with E-state index in [1.165, 1.54) is 0 Å². The number of fused-ring (bicyclic) bond motifs is 1. The van der Waals surface area contributed by atoms with Gasteiger partial charge in [-0.15, -0.1) is 0 Å². The van der Waals surface area contributed by atoms with Crippen molar-refractivity contribution in [3.63, 3.8) is 0 Å². The van der Waals surface area contributed by atoms with E-state index in [9.17, 15) is 0 Å². The SMILES string of the molecule is COc1cc(CNC(C)c2ncc(C)o2)cc2c1OCO2. The lowest BCUT2D eigenvalue weighted by atomic mass is 10.1. The Balaban J connectivity index is 1.71. The van der Waals surface area contributed by atoms with Gasteiger partial charge in [-0.2, -0.15) is 0 Å². The van der Waals surface area contributed by atoms with E-state index < -0.39 is 0 Å². The molecule has 2 aromatic rings. The highest BCUT2D eigenvalue weighted by molar-refractivity contribution is 5.55. The van der Waals surface area contributed by atoms with E-state index in [0.717, 1.165) is 11.3 Å². The summed E-state index contributed by atoms with van der Waals surface area (Å²) in [6, 6.07) is 3.91. The highest BCUT2D eigenvalue weighted by atomic mass is 16.7. The minimum absolute atomic E-state index is 0.0233. The van der Waals surface area contributed by atoms with Gasteiger partial charge in [0.1, 0.15) is 5.76 Å². The summed E-state index contributed by atoms with van der Waals surface area (Å²) in [4.78, 5) is 4.22. The summed E-state index contributed by atoms with van der Waals surface area (Å²) in [5.74, 6) is 3.55. The van der Waals surface area contributed by atoms with Crippen LogP contribution in [-0.4, -0.2) is 18.9 Å². The van der Waals surface area contributed by atoms with Gasteiger partial charge in [0.05, 0.1) is 19.3 Å². The Morgan fingerprint density at radius 1 is 1.38 bits per heavy atom. The second-order valence-corrected chi connectivity index (χ2v) is 4.94. The molecule has 112 valence electrons. The molecule has 0 amide bonds. The standard InChI is InChI=1S/C15H18N2O4/c1-9-6-17-15(21-9)10(2)16-7-11-4-12(18-3)14-13(5-11)19-8-20-14/h4-6,10,16H,7-8H2,1-3H3. The Morgan fingerprint density at radius 2 is 2.24 bits per heavy atom. The van der Waals surface area contributed by atoms with Crippen molar-refractivity contribution in [2.45, 2.75) is 26.4 Å². The monoisotopic (exact) mass is 290 g/mol. The summed E-state index contributed by atoms with van der Waals surface area (Å²) in [6.45, 7) is 4.77. The second-order valence-electron chi connectivity index (χ2n) is 4.94. The molecule has 1 aromatic carbocycles. The number of hydrogen-bond donors (Lipinski definition) is 1. The first-order valence-electron chi connectivity index (χ1n) is 6.79. The fourth-order valence-electron chi connectivity index (χ4n) is 2.22. The smallest absolute Gasteiger partial charge is 0.231 e. The molecule has 0 spiro atoms. The third-order valence-corrected chi connectivity index (χ3v) is 3.34. The second kappa shape index (κ2) is 5.65. The van der Waals surface area contributed by atoms with E-state index in [4.69, 9.17) is 18.6 Å². The van der Waals surface area contributed by atoms with Crippen LogP contribution in [0, 0.1) is 6.92 Å². The maximum absolute atomic E-state index is 5.51. The van der Waals surface area contributed by atoms with Crippen LogP contribution in [0.25, 0.3) is 0 Å². The highest BCUT2D eigenvalue weighted by Crippen LogP contribution is 2.41. The van der Waals surface area contributed by atoms with Crippen LogP contribution in [0.3, 0.4) is 0 Å². The Labute approximate surface area is 123 Å². The molecule has 1 aliphatic rings. The van der Waals surface area contributed by atoms with E-state index in [1.807, 2.05) is 26.0 Å². The van der Waals surface area contributed by atoms with Crippen molar-refractivity contribution in [1.82, 2.24) is 10.3 Å². The van der Waals surface area contributed by atoms with Crippen LogP contribution in [0.5, 0.6) is 17.2 Å². The van der Waals surface area contributed by atoms with Gasteiger partial charge < -0.3 is 23.9 Å². The van der Waals surface area contributed by atoms with Crippen molar-refractivity contribution in [3.05, 3.63) is 35.5 Å². The average molecular weight is 290 g/mol. The predicted octanol–water partition coefficient (Wildman–Crippen LogP) is 2.57. The van der Waals surface area contributed by atoms with Crippen LogP contribution < -0.4 is 19.5 Å². The van der Waals surface area contributed by atoms with E-state index in [2.05, 4.69) is 10.3 Å². The first-order valence-corrected chi connectivity index (χ1v) is 6.79. The molecule has 1 aliphatic heterocycles. The molecule has 1 aromatic heterocycles. The van der Waals surface area contributed by atoms with E-state index >= 15 is 0 Å². The zero-order valence-electron chi connectivity index (χ0n) is 12.3. The van der Waals surface area contributed by atoms with Gasteiger partial charge in [-0.05, 0) is 31.5 Å². The number of aryl methyl sites for hydroxylation is 1. The molecule has 0 aliphatic carbocycles. The van der Waals surface area contributed by atoms with Gasteiger partial charge >= 0.3 is 0 Å². The van der Waals surface area contributed by atoms with Gasteiger partial charge in [0, 0.05) is 6.54 Å². The molecule has 1 unspecified atom stereocenters. The van der Waals surface area contributed by atoms with Crippen molar-refractivity contribution in [2.24, 2.45) is 0 Å². The minimum atomic E-state index is 0.0233. The number of benzene rings is 1. The highest BCUT2D eigenvalue weighted by Gasteiger charge is 2.20. The Hall–Kier alpha value is -2.21. The molecule has 1 atom stereocenters. The van der Waals surface area contributed by atoms with Gasteiger partial charge in [0.25, 0.3) is 0 Å². The molecule has 21 heavy (non-hydrogen) atoms. The van der Waals surface area contributed by atoms with Crippen LogP contribution >= 0.6 is 0 Å². The number of hydrogen-bond acceptors (Lipinski definition) is 6. The molecule has 0 bridgehead atoms. The van der Waals surface area contributed by atoms with Crippen molar-refractivity contribution in [1.29, 1.82) is 0 Å². The summed E-state index contributed by atoms with van der Waals surface area (Å²) in [7, 11) is 1.62. The van der Waals surface area contributed by atoms with Gasteiger partial charge in [-0.1, -0.05) is 0 Å². The van der Waals surface area contributed by atoms with E-state index in [0.29, 0.717) is 29.7 Å². The lowest BCUT2D eigenvalue weighted by Gasteiger charge is -2.12. The number of rotatable bonds is 5. The van der Waals surface area contributed by atoms with Crippen LogP contribution in [0.4, 0.5) is 0 Å². The zero-order chi connectivity index (χ0) is 14.8. The number of nitrogens with zero attached hydrogens (tertiary/aromatic N) is 1. The molecule has 6 heteroatoms. The quantitative estimate of drug-likeness (QED) is 0.913. The Kier molecular flexibility index (Phi) is 3.70. The normalized spacial score (nSPS) is 14.2. The van der Waals surface area contributed by atoms with E-state index in [-0.39, 0.29) is 12.8 Å². The minimum Gasteiger partial charge on any atom is -0.493 e. The maximum Gasteiger partial charge on any atom is 0.231 e. The fraction of sp³-hybridized carbons (Fsp3) is 0.400. The van der Waals surface area contributed by atoms with Crippen LogP contribution in [0.15, 0.2) is 22.7 Å². The number of aromatic nitrogens is 1. The van der Waals surface area contributed by atoms with Crippen molar-refractivity contribution < 1.29 is 18.6 Å². The Morgan fingerprint density at radius 3 is 2.95 bits per heavy atom. The lowest BCUT2D eigenvalue weighted by molar-refractivity contribution is 0.171. The predicted molar refractivity (Wildman–Crippen MR) is 75.6 cm³/mol. The topological polar surface area (TPSA) is 65.8 Å². The van der Waals surface area contributed by atoms with Crippen LogP contribution in [0.1, 0.15) is 30.2 Å². The van der Waals surface area contributed by atoms with Crippen molar-refractivity contribution in [2.75, 3.05) is 13.9 Å². The molecular formula is C15H18N2O4. The third kappa shape index (κ3) is 2.80. The average Bonchev–Trinajstić information content (AvgIpc) is 3.12. The lowest BCUT2D eigenvalue weighted by Crippen LogP contribution is -2.18. The first kappa shape index (κ1) is 13.8. The summed E-state index contributed by atoms with van der Waals surface area (Å²) in [5.41, 5.74) is 1.05. The number of ether oxygens (including phenoxy) is 3. The zero-order valence-corrected chi connectivity index (χ0v) is 12.3. The molecule has 0 saturated carbocycles.